The van der Waals surface area contributed by atoms with Crippen molar-refractivity contribution in [2.24, 2.45) is 5.73 Å². The monoisotopic (exact) mass is 274 g/mol. The van der Waals surface area contributed by atoms with E-state index in [1.165, 1.54) is 0 Å². The Morgan fingerprint density at radius 3 is 2.63 bits per heavy atom. The van der Waals surface area contributed by atoms with E-state index in [1.807, 2.05) is 20.8 Å². The van der Waals surface area contributed by atoms with Crippen molar-refractivity contribution in [3.63, 3.8) is 0 Å². The molecule has 5 heteroatoms. The van der Waals surface area contributed by atoms with E-state index in [4.69, 9.17) is 15.2 Å². The van der Waals surface area contributed by atoms with Gasteiger partial charge in [-0.2, -0.15) is 0 Å². The van der Waals surface area contributed by atoms with Gasteiger partial charge in [0.15, 0.2) is 0 Å². The average molecular weight is 274 g/mol. The summed E-state index contributed by atoms with van der Waals surface area (Å²) in [5, 5.41) is 3.21. The van der Waals surface area contributed by atoms with Gasteiger partial charge in [0.2, 0.25) is 5.91 Å². The number of hydrogen-bond acceptors (Lipinski definition) is 4. The van der Waals surface area contributed by atoms with Crippen molar-refractivity contribution >= 4 is 5.91 Å². The number of carbonyl (C=O) groups is 1. The lowest BCUT2D eigenvalue weighted by molar-refractivity contribution is -0.124. The van der Waals surface area contributed by atoms with Crippen LogP contribution in [0.5, 0.6) is 0 Å². The van der Waals surface area contributed by atoms with Crippen LogP contribution in [0.3, 0.4) is 0 Å². The van der Waals surface area contributed by atoms with Gasteiger partial charge in [0, 0.05) is 13.2 Å². The van der Waals surface area contributed by atoms with Gasteiger partial charge >= 0.3 is 0 Å². The maximum Gasteiger partial charge on any atom is 0.237 e. The number of primary amides is 1. The van der Waals surface area contributed by atoms with Gasteiger partial charge < -0.3 is 20.5 Å². The molecule has 114 valence electrons. The molecule has 0 aliphatic heterocycles. The summed E-state index contributed by atoms with van der Waals surface area (Å²) in [7, 11) is 0. The smallest absolute Gasteiger partial charge is 0.237 e. The van der Waals surface area contributed by atoms with Crippen LogP contribution in [0.4, 0.5) is 0 Å². The highest BCUT2D eigenvalue weighted by Gasteiger charge is 2.29. The number of ether oxygens (including phenoxy) is 2. The third-order valence-electron chi connectivity index (χ3n) is 3.09. The number of nitrogens with one attached hydrogen (secondary N) is 1. The molecule has 0 saturated heterocycles. The SMILES string of the molecule is CCCNC(C)(CCCOC(C)COCC)C(N)=O. The predicted octanol–water partition coefficient (Wildman–Crippen LogP) is 1.45. The lowest BCUT2D eigenvalue weighted by Crippen LogP contribution is -2.53. The third kappa shape index (κ3) is 8.18. The van der Waals surface area contributed by atoms with Gasteiger partial charge in [-0.15, -0.1) is 0 Å². The van der Waals surface area contributed by atoms with Crippen LogP contribution >= 0.6 is 0 Å². The highest BCUT2D eigenvalue weighted by Crippen LogP contribution is 2.12. The highest BCUT2D eigenvalue weighted by atomic mass is 16.5. The van der Waals surface area contributed by atoms with Crippen molar-refractivity contribution in [3.8, 4) is 0 Å². The molecule has 0 aromatic rings. The van der Waals surface area contributed by atoms with Crippen LogP contribution in [0, 0.1) is 0 Å². The zero-order chi connectivity index (χ0) is 14.7. The maximum absolute atomic E-state index is 11.5. The van der Waals surface area contributed by atoms with Gasteiger partial charge in [-0.05, 0) is 46.6 Å². The van der Waals surface area contributed by atoms with Crippen LogP contribution in [-0.2, 0) is 14.3 Å². The Kier molecular flexibility index (Phi) is 9.83. The maximum atomic E-state index is 11.5. The average Bonchev–Trinajstić information content (AvgIpc) is 2.38. The zero-order valence-electron chi connectivity index (χ0n) is 12.8. The molecule has 0 rings (SSSR count). The largest absolute Gasteiger partial charge is 0.379 e. The number of nitrogens with two attached hydrogens (primary N) is 1. The highest BCUT2D eigenvalue weighted by molar-refractivity contribution is 5.84. The number of rotatable bonds is 12. The fraction of sp³-hybridized carbons (Fsp3) is 0.929. The Hall–Kier alpha value is -0.650. The minimum absolute atomic E-state index is 0.0865. The normalized spacial score (nSPS) is 16.0. The van der Waals surface area contributed by atoms with Crippen LogP contribution < -0.4 is 11.1 Å². The van der Waals surface area contributed by atoms with Gasteiger partial charge in [0.1, 0.15) is 0 Å². The van der Waals surface area contributed by atoms with E-state index < -0.39 is 5.54 Å². The second-order valence-electron chi connectivity index (χ2n) is 5.07. The number of carbonyl (C=O) groups excluding carboxylic acids is 1. The molecule has 19 heavy (non-hydrogen) atoms. The quantitative estimate of drug-likeness (QED) is 0.528. The summed E-state index contributed by atoms with van der Waals surface area (Å²) in [5.74, 6) is -0.302. The van der Waals surface area contributed by atoms with E-state index >= 15 is 0 Å². The Morgan fingerprint density at radius 2 is 2.11 bits per heavy atom. The van der Waals surface area contributed by atoms with Crippen molar-refractivity contribution in [1.82, 2.24) is 5.32 Å². The summed E-state index contributed by atoms with van der Waals surface area (Å²) in [4.78, 5) is 11.5. The van der Waals surface area contributed by atoms with E-state index in [2.05, 4.69) is 12.2 Å². The van der Waals surface area contributed by atoms with Crippen LogP contribution in [0.1, 0.15) is 47.0 Å². The van der Waals surface area contributed by atoms with Gasteiger partial charge in [-0.3, -0.25) is 4.79 Å². The Bertz CT molecular complexity index is 249. The van der Waals surface area contributed by atoms with Crippen LogP contribution in [0.15, 0.2) is 0 Å². The molecule has 0 saturated carbocycles. The lowest BCUT2D eigenvalue weighted by Gasteiger charge is -2.27. The van der Waals surface area contributed by atoms with E-state index in [9.17, 15) is 4.79 Å². The molecule has 0 aliphatic carbocycles. The van der Waals surface area contributed by atoms with E-state index in [0.29, 0.717) is 26.2 Å². The first kappa shape index (κ1) is 18.4. The summed E-state index contributed by atoms with van der Waals surface area (Å²) < 4.78 is 10.9. The van der Waals surface area contributed by atoms with E-state index in [-0.39, 0.29) is 12.0 Å². The molecule has 2 unspecified atom stereocenters. The number of amides is 1. The second-order valence-corrected chi connectivity index (χ2v) is 5.07. The standard InChI is InChI=1S/C14H30N2O3/c1-5-9-16-14(4,13(15)17)8-7-10-19-12(3)11-18-6-2/h12,16H,5-11H2,1-4H3,(H2,15,17). The summed E-state index contributed by atoms with van der Waals surface area (Å²) >= 11 is 0. The van der Waals surface area contributed by atoms with Crippen molar-refractivity contribution < 1.29 is 14.3 Å². The summed E-state index contributed by atoms with van der Waals surface area (Å²) in [5.41, 5.74) is 4.82. The van der Waals surface area contributed by atoms with Gasteiger partial charge in [-0.25, -0.2) is 0 Å². The third-order valence-corrected chi connectivity index (χ3v) is 3.09. The zero-order valence-corrected chi connectivity index (χ0v) is 12.8. The lowest BCUT2D eigenvalue weighted by atomic mass is 9.95. The molecule has 3 N–H and O–H groups in total. The van der Waals surface area contributed by atoms with Crippen LogP contribution in [0.2, 0.25) is 0 Å². The van der Waals surface area contributed by atoms with Crippen molar-refractivity contribution in [2.45, 2.75) is 58.6 Å². The van der Waals surface area contributed by atoms with Gasteiger partial charge in [-0.1, -0.05) is 6.92 Å². The summed E-state index contributed by atoms with van der Waals surface area (Å²) in [6.45, 7) is 10.6. The van der Waals surface area contributed by atoms with E-state index in [0.717, 1.165) is 19.4 Å². The molecular weight excluding hydrogens is 244 g/mol. The van der Waals surface area contributed by atoms with Crippen molar-refractivity contribution in [2.75, 3.05) is 26.4 Å². The van der Waals surface area contributed by atoms with Gasteiger partial charge in [0.25, 0.3) is 0 Å². The number of hydrogen-bond donors (Lipinski definition) is 2. The molecule has 1 amide bonds. The molecule has 0 heterocycles. The molecule has 2 atom stereocenters. The summed E-state index contributed by atoms with van der Waals surface area (Å²) in [6, 6.07) is 0. The molecule has 0 aromatic carbocycles. The Labute approximate surface area is 117 Å². The molecule has 0 aromatic heterocycles. The fourth-order valence-electron chi connectivity index (χ4n) is 1.74. The summed E-state index contributed by atoms with van der Waals surface area (Å²) in [6.07, 6.45) is 2.55. The molecular formula is C14H30N2O3. The van der Waals surface area contributed by atoms with E-state index in [1.54, 1.807) is 0 Å². The molecule has 0 aliphatic rings. The minimum Gasteiger partial charge on any atom is -0.379 e. The first-order chi connectivity index (χ1) is 8.96. The molecule has 0 bridgehead atoms. The van der Waals surface area contributed by atoms with Crippen molar-refractivity contribution in [3.05, 3.63) is 0 Å². The molecule has 0 fully saturated rings. The topological polar surface area (TPSA) is 73.6 Å². The van der Waals surface area contributed by atoms with Crippen molar-refractivity contribution in [1.29, 1.82) is 0 Å². The van der Waals surface area contributed by atoms with Crippen LogP contribution in [0.25, 0.3) is 0 Å². The second kappa shape index (κ2) is 10.2. The molecule has 0 radical (unpaired) electrons. The molecule has 5 nitrogen and oxygen atoms in total. The first-order valence-corrected chi connectivity index (χ1v) is 7.20. The fourth-order valence-corrected chi connectivity index (χ4v) is 1.74. The molecule has 0 spiro atoms. The minimum atomic E-state index is -0.636. The Morgan fingerprint density at radius 1 is 1.42 bits per heavy atom. The van der Waals surface area contributed by atoms with Gasteiger partial charge in [0.05, 0.1) is 18.2 Å². The first-order valence-electron chi connectivity index (χ1n) is 7.20. The predicted molar refractivity (Wildman–Crippen MR) is 77.0 cm³/mol. The van der Waals surface area contributed by atoms with Crippen LogP contribution in [-0.4, -0.2) is 43.9 Å². The Balaban J connectivity index is 3.90.